The first-order chi connectivity index (χ1) is 11.7. The molecule has 3 aromatic rings. The minimum Gasteiger partial charge on any atom is -0.272 e. The number of aromatic amines is 1. The Morgan fingerprint density at radius 2 is 1.72 bits per heavy atom. The highest BCUT2D eigenvalue weighted by atomic mass is 32.2. The molecular weight excluding hydrogens is 355 g/mol. The van der Waals surface area contributed by atoms with E-state index in [2.05, 4.69) is 10.1 Å². The van der Waals surface area contributed by atoms with Gasteiger partial charge in [-0.2, -0.15) is 18.3 Å². The van der Waals surface area contributed by atoms with Gasteiger partial charge < -0.3 is 0 Å². The molecule has 0 aliphatic carbocycles. The lowest BCUT2D eigenvalue weighted by Gasteiger charge is -2.08. The fourth-order valence-corrected chi connectivity index (χ4v) is 3.01. The van der Waals surface area contributed by atoms with E-state index < -0.39 is 21.7 Å². The molecule has 0 amide bonds. The second-order valence-corrected chi connectivity index (χ2v) is 7.35. The lowest BCUT2D eigenvalue weighted by atomic mass is 10.0. The van der Waals surface area contributed by atoms with Gasteiger partial charge in [0.05, 0.1) is 16.2 Å². The van der Waals surface area contributed by atoms with E-state index in [4.69, 9.17) is 0 Å². The quantitative estimate of drug-likeness (QED) is 0.768. The third-order valence-corrected chi connectivity index (χ3v) is 4.66. The van der Waals surface area contributed by atoms with E-state index in [1.807, 2.05) is 5.10 Å². The molecule has 0 aliphatic rings. The van der Waals surface area contributed by atoms with Crippen molar-refractivity contribution in [3.05, 3.63) is 54.4 Å². The average Bonchev–Trinajstić information content (AvgIpc) is 3.00. The van der Waals surface area contributed by atoms with E-state index in [1.54, 1.807) is 12.1 Å². The van der Waals surface area contributed by atoms with Crippen LogP contribution in [0.1, 0.15) is 5.69 Å². The zero-order valence-corrected chi connectivity index (χ0v) is 13.7. The number of benzene rings is 1. The Balaban J connectivity index is 2.19. The molecule has 2 heterocycles. The maximum atomic E-state index is 13.3. The minimum atomic E-state index is -4.63. The van der Waals surface area contributed by atoms with Crippen molar-refractivity contribution >= 4 is 9.84 Å². The highest BCUT2D eigenvalue weighted by Gasteiger charge is 2.38. The summed E-state index contributed by atoms with van der Waals surface area (Å²) in [7, 11) is -3.40. The van der Waals surface area contributed by atoms with Gasteiger partial charge in [-0.15, -0.1) is 0 Å². The molecule has 9 heteroatoms. The summed E-state index contributed by atoms with van der Waals surface area (Å²) < 4.78 is 63.0. The van der Waals surface area contributed by atoms with Crippen molar-refractivity contribution in [1.29, 1.82) is 0 Å². The van der Waals surface area contributed by atoms with Crippen molar-refractivity contribution in [2.45, 2.75) is 11.1 Å². The van der Waals surface area contributed by atoms with Gasteiger partial charge in [0, 0.05) is 18.0 Å². The third-order valence-electron chi connectivity index (χ3n) is 3.53. The smallest absolute Gasteiger partial charge is 0.272 e. The normalized spacial score (nSPS) is 12.3. The first kappa shape index (κ1) is 17.2. The molecule has 5 nitrogen and oxygen atoms in total. The van der Waals surface area contributed by atoms with Crippen molar-refractivity contribution in [3.8, 4) is 22.5 Å². The number of nitrogens with zero attached hydrogens (tertiary/aromatic N) is 2. The van der Waals surface area contributed by atoms with Crippen LogP contribution in [-0.4, -0.2) is 29.9 Å². The van der Waals surface area contributed by atoms with E-state index in [0.717, 1.165) is 6.26 Å². The third kappa shape index (κ3) is 3.41. The Bertz CT molecular complexity index is 995. The molecule has 0 radical (unpaired) electrons. The number of nitrogens with one attached hydrogen (secondary N) is 1. The predicted octanol–water partition coefficient (Wildman–Crippen LogP) is 3.56. The van der Waals surface area contributed by atoms with Crippen LogP contribution in [0.3, 0.4) is 0 Å². The lowest BCUT2D eigenvalue weighted by molar-refractivity contribution is -0.140. The average molecular weight is 367 g/mol. The van der Waals surface area contributed by atoms with Crippen LogP contribution in [0.25, 0.3) is 22.5 Å². The number of H-pyrrole nitrogens is 1. The lowest BCUT2D eigenvalue weighted by Crippen LogP contribution is -2.07. The van der Waals surface area contributed by atoms with Crippen LogP contribution in [0.15, 0.2) is 53.6 Å². The van der Waals surface area contributed by atoms with Crippen LogP contribution in [0, 0.1) is 0 Å². The van der Waals surface area contributed by atoms with Crippen LogP contribution >= 0.6 is 0 Å². The fraction of sp³-hybridized carbons (Fsp3) is 0.125. The summed E-state index contributed by atoms with van der Waals surface area (Å²) >= 11 is 0. The highest BCUT2D eigenvalue weighted by molar-refractivity contribution is 7.90. The van der Waals surface area contributed by atoms with Crippen molar-refractivity contribution in [3.63, 3.8) is 0 Å². The molecule has 2 aromatic heterocycles. The minimum absolute atomic E-state index is 0.0473. The Kier molecular flexibility index (Phi) is 4.11. The first-order valence-corrected chi connectivity index (χ1v) is 8.94. The molecule has 0 saturated heterocycles. The van der Waals surface area contributed by atoms with Gasteiger partial charge in [-0.1, -0.05) is 18.2 Å². The van der Waals surface area contributed by atoms with Crippen LogP contribution < -0.4 is 0 Å². The number of alkyl halides is 3. The van der Waals surface area contributed by atoms with Gasteiger partial charge in [-0.3, -0.25) is 10.1 Å². The van der Waals surface area contributed by atoms with Gasteiger partial charge in [-0.25, -0.2) is 8.42 Å². The monoisotopic (exact) mass is 367 g/mol. The van der Waals surface area contributed by atoms with Gasteiger partial charge >= 0.3 is 6.18 Å². The van der Waals surface area contributed by atoms with Crippen molar-refractivity contribution in [1.82, 2.24) is 15.2 Å². The van der Waals surface area contributed by atoms with E-state index in [0.29, 0.717) is 5.56 Å². The summed E-state index contributed by atoms with van der Waals surface area (Å²) in [5.74, 6) is 0. The molecule has 0 aliphatic heterocycles. The molecule has 25 heavy (non-hydrogen) atoms. The van der Waals surface area contributed by atoms with Crippen molar-refractivity contribution < 1.29 is 21.6 Å². The summed E-state index contributed by atoms with van der Waals surface area (Å²) in [6.07, 6.45) is -2.19. The summed E-state index contributed by atoms with van der Waals surface area (Å²) in [6.45, 7) is 0. The van der Waals surface area contributed by atoms with Crippen molar-refractivity contribution in [2.75, 3.05) is 6.26 Å². The maximum absolute atomic E-state index is 13.3. The Morgan fingerprint density at radius 3 is 2.24 bits per heavy atom. The molecule has 1 aromatic carbocycles. The molecule has 0 atom stereocenters. The maximum Gasteiger partial charge on any atom is 0.433 e. The standard InChI is InChI=1S/C16H12F3N3O2S/c1-25(23,24)11-7-5-10(6-8-11)14-13(12-4-2-3-9-20-12)15(22-21-14)16(17,18)19/h2-9H,1H3,(H,21,22). The zero-order valence-electron chi connectivity index (χ0n) is 12.9. The van der Waals surface area contributed by atoms with Gasteiger partial charge in [0.2, 0.25) is 0 Å². The molecule has 0 saturated carbocycles. The summed E-state index contributed by atoms with van der Waals surface area (Å²) in [5.41, 5.74) is -0.676. The molecule has 1 N–H and O–H groups in total. The number of aromatic nitrogens is 3. The molecular formula is C16H12F3N3O2S. The number of hydrogen-bond donors (Lipinski definition) is 1. The summed E-state index contributed by atoms with van der Waals surface area (Å²) in [4.78, 5) is 4.05. The Labute approximate surface area is 141 Å². The van der Waals surface area contributed by atoms with Gasteiger partial charge in [-0.05, 0) is 24.3 Å². The van der Waals surface area contributed by atoms with Gasteiger partial charge in [0.25, 0.3) is 0 Å². The Hall–Kier alpha value is -2.68. The Morgan fingerprint density at radius 1 is 1.04 bits per heavy atom. The van der Waals surface area contributed by atoms with Crippen molar-refractivity contribution in [2.24, 2.45) is 0 Å². The topological polar surface area (TPSA) is 75.7 Å². The SMILES string of the molecule is CS(=O)(=O)c1ccc(-c2n[nH]c(C(F)(F)F)c2-c2ccccn2)cc1. The van der Waals surface area contributed by atoms with E-state index >= 15 is 0 Å². The highest BCUT2D eigenvalue weighted by Crippen LogP contribution is 2.40. The number of rotatable bonds is 3. The van der Waals surface area contributed by atoms with Crippen LogP contribution in [-0.2, 0) is 16.0 Å². The summed E-state index contributed by atoms with van der Waals surface area (Å²) in [6, 6.07) is 10.1. The first-order valence-electron chi connectivity index (χ1n) is 7.05. The predicted molar refractivity (Wildman–Crippen MR) is 85.4 cm³/mol. The second-order valence-electron chi connectivity index (χ2n) is 5.33. The van der Waals surface area contributed by atoms with Gasteiger partial charge in [0.1, 0.15) is 11.4 Å². The van der Waals surface area contributed by atoms with E-state index in [1.165, 1.54) is 36.5 Å². The molecule has 0 unspecified atom stereocenters. The molecule has 0 bridgehead atoms. The van der Waals surface area contributed by atoms with Gasteiger partial charge in [0.15, 0.2) is 9.84 Å². The molecule has 3 rings (SSSR count). The molecule has 130 valence electrons. The number of sulfone groups is 1. The largest absolute Gasteiger partial charge is 0.433 e. The zero-order chi connectivity index (χ0) is 18.2. The van der Waals surface area contributed by atoms with Crippen LogP contribution in [0.2, 0.25) is 0 Å². The van der Waals surface area contributed by atoms with E-state index in [9.17, 15) is 21.6 Å². The molecule has 0 fully saturated rings. The fourth-order valence-electron chi connectivity index (χ4n) is 2.38. The van der Waals surface area contributed by atoms with Crippen LogP contribution in [0.4, 0.5) is 13.2 Å². The van der Waals surface area contributed by atoms with E-state index in [-0.39, 0.29) is 21.8 Å². The summed E-state index contributed by atoms with van der Waals surface area (Å²) in [5, 5.41) is 5.81. The number of hydrogen-bond acceptors (Lipinski definition) is 4. The number of pyridine rings is 1. The number of halogens is 3. The molecule has 0 spiro atoms. The second kappa shape index (κ2) is 5.99. The van der Waals surface area contributed by atoms with Crippen LogP contribution in [0.5, 0.6) is 0 Å².